The Morgan fingerprint density at radius 1 is 1.47 bits per heavy atom. The Balaban J connectivity index is 1.87. The van der Waals surface area contributed by atoms with Crippen molar-refractivity contribution in [3.05, 3.63) is 24.3 Å². The third-order valence-electron chi connectivity index (χ3n) is 2.73. The number of nitrogens with zero attached hydrogens (tertiary/aromatic N) is 1. The van der Waals surface area contributed by atoms with Crippen LogP contribution in [0.25, 0.3) is 0 Å². The van der Waals surface area contributed by atoms with E-state index in [1.54, 1.807) is 0 Å². The molecule has 1 aromatic rings. The van der Waals surface area contributed by atoms with Gasteiger partial charge in [0, 0.05) is 22.7 Å². The molecule has 0 bridgehead atoms. The number of ether oxygens (including phenoxy) is 1. The fourth-order valence-electron chi connectivity index (χ4n) is 1.92. The Morgan fingerprint density at radius 2 is 2.24 bits per heavy atom. The fraction of sp³-hybridized carbons (Fsp3) is 0.462. The van der Waals surface area contributed by atoms with E-state index in [1.807, 2.05) is 42.1 Å². The molecule has 1 N–H and O–H groups in total. The maximum Gasteiger partial charge on any atom is 0.174 e. The summed E-state index contributed by atoms with van der Waals surface area (Å²) in [6.45, 7) is 2.37. The minimum absolute atomic E-state index is 0.101. The van der Waals surface area contributed by atoms with Crippen LogP contribution in [-0.4, -0.2) is 23.7 Å². The Labute approximate surface area is 106 Å². The topological polar surface area (TPSA) is 45.0 Å². The summed E-state index contributed by atoms with van der Waals surface area (Å²) >= 11 is 2.02. The smallest absolute Gasteiger partial charge is 0.174 e. The zero-order valence-corrected chi connectivity index (χ0v) is 10.7. The van der Waals surface area contributed by atoms with Crippen molar-refractivity contribution >= 4 is 17.4 Å². The zero-order valence-electron chi connectivity index (χ0n) is 9.85. The first-order chi connectivity index (χ1) is 8.28. The van der Waals surface area contributed by atoms with E-state index in [9.17, 15) is 0 Å². The van der Waals surface area contributed by atoms with Gasteiger partial charge in [0.1, 0.15) is 11.8 Å². The summed E-state index contributed by atoms with van der Waals surface area (Å²) in [4.78, 5) is 0. The maximum atomic E-state index is 8.41. The molecule has 0 saturated carbocycles. The van der Waals surface area contributed by atoms with E-state index in [1.165, 1.54) is 12.2 Å². The highest BCUT2D eigenvalue weighted by molar-refractivity contribution is 8.00. The molecule has 2 atom stereocenters. The summed E-state index contributed by atoms with van der Waals surface area (Å²) in [7, 11) is 0. The molecule has 0 amide bonds. The first-order valence-corrected chi connectivity index (χ1v) is 6.81. The van der Waals surface area contributed by atoms with Crippen molar-refractivity contribution in [2.45, 2.75) is 24.6 Å². The first kappa shape index (κ1) is 12.1. The molecule has 0 aliphatic carbocycles. The lowest BCUT2D eigenvalue weighted by atomic mass is 10.2. The van der Waals surface area contributed by atoms with Gasteiger partial charge in [0.15, 0.2) is 6.61 Å². The van der Waals surface area contributed by atoms with Gasteiger partial charge in [-0.05, 0) is 30.7 Å². The highest BCUT2D eigenvalue weighted by Gasteiger charge is 2.21. The van der Waals surface area contributed by atoms with E-state index in [0.29, 0.717) is 6.04 Å². The lowest BCUT2D eigenvalue weighted by molar-refractivity contribution is 0.368. The molecule has 90 valence electrons. The monoisotopic (exact) mass is 248 g/mol. The molecule has 3 nitrogen and oxygen atoms in total. The largest absolute Gasteiger partial charge is 0.479 e. The Bertz CT molecular complexity index is 399. The number of hydrogen-bond donors (Lipinski definition) is 1. The number of rotatable bonds is 4. The van der Waals surface area contributed by atoms with Crippen molar-refractivity contribution in [1.29, 1.82) is 5.26 Å². The molecule has 0 spiro atoms. The predicted octanol–water partition coefficient (Wildman–Crippen LogP) is 2.89. The minimum Gasteiger partial charge on any atom is -0.479 e. The minimum atomic E-state index is 0.101. The Hall–Kier alpha value is -1.34. The summed E-state index contributed by atoms with van der Waals surface area (Å²) in [5, 5.41) is 12.7. The van der Waals surface area contributed by atoms with E-state index in [4.69, 9.17) is 10.00 Å². The second-order valence-corrected chi connectivity index (χ2v) is 5.66. The molecule has 1 fully saturated rings. The fourth-order valence-corrected chi connectivity index (χ4v) is 3.07. The van der Waals surface area contributed by atoms with Gasteiger partial charge in [-0.1, -0.05) is 6.92 Å². The molecule has 1 aliphatic rings. The number of nitrogens with one attached hydrogen (secondary N) is 1. The van der Waals surface area contributed by atoms with Gasteiger partial charge in [-0.3, -0.25) is 0 Å². The van der Waals surface area contributed by atoms with E-state index >= 15 is 0 Å². The molecular weight excluding hydrogens is 232 g/mol. The second kappa shape index (κ2) is 5.83. The van der Waals surface area contributed by atoms with Gasteiger partial charge in [0.25, 0.3) is 0 Å². The predicted molar refractivity (Wildman–Crippen MR) is 71.5 cm³/mol. The average Bonchev–Trinajstić information content (AvgIpc) is 2.74. The van der Waals surface area contributed by atoms with Crippen LogP contribution < -0.4 is 10.1 Å². The van der Waals surface area contributed by atoms with Crippen LogP contribution in [0.1, 0.15) is 13.3 Å². The number of benzene rings is 1. The van der Waals surface area contributed by atoms with E-state index in [0.717, 1.165) is 16.7 Å². The molecule has 1 aromatic carbocycles. The van der Waals surface area contributed by atoms with Crippen LogP contribution in [0.5, 0.6) is 5.75 Å². The Morgan fingerprint density at radius 3 is 2.82 bits per heavy atom. The van der Waals surface area contributed by atoms with Crippen molar-refractivity contribution in [3.8, 4) is 11.8 Å². The summed E-state index contributed by atoms with van der Waals surface area (Å²) in [6, 6.07) is 10.3. The summed E-state index contributed by atoms with van der Waals surface area (Å²) < 4.78 is 5.20. The molecule has 1 aliphatic heterocycles. The average molecular weight is 248 g/mol. The van der Waals surface area contributed by atoms with Gasteiger partial charge in [0.05, 0.1) is 0 Å². The summed E-state index contributed by atoms with van der Waals surface area (Å²) in [6.07, 6.45) is 1.22. The maximum absolute atomic E-state index is 8.41. The normalized spacial score (nSPS) is 23.1. The third-order valence-corrected chi connectivity index (χ3v) is 4.08. The molecule has 17 heavy (non-hydrogen) atoms. The van der Waals surface area contributed by atoms with Crippen LogP contribution in [0.15, 0.2) is 24.3 Å². The highest BCUT2D eigenvalue weighted by Crippen LogP contribution is 2.28. The van der Waals surface area contributed by atoms with Crippen molar-refractivity contribution < 1.29 is 4.74 Å². The van der Waals surface area contributed by atoms with Gasteiger partial charge < -0.3 is 10.1 Å². The van der Waals surface area contributed by atoms with Gasteiger partial charge in [0.2, 0.25) is 0 Å². The van der Waals surface area contributed by atoms with Crippen LogP contribution in [0, 0.1) is 11.3 Å². The quantitative estimate of drug-likeness (QED) is 0.890. The van der Waals surface area contributed by atoms with Crippen LogP contribution in [0.2, 0.25) is 0 Å². The van der Waals surface area contributed by atoms with Gasteiger partial charge in [-0.2, -0.15) is 17.0 Å². The number of anilines is 1. The standard InChI is InChI=1S/C13H16N2OS/c1-10-8-12(9-17-10)15-11-2-4-13(5-3-11)16-7-6-14/h2-5,10,12,15H,7-9H2,1H3. The number of thioether (sulfide) groups is 1. The van der Waals surface area contributed by atoms with Gasteiger partial charge >= 0.3 is 0 Å². The van der Waals surface area contributed by atoms with Crippen molar-refractivity contribution in [3.63, 3.8) is 0 Å². The van der Waals surface area contributed by atoms with Crippen molar-refractivity contribution in [2.75, 3.05) is 17.7 Å². The SMILES string of the molecule is CC1CC(Nc2ccc(OCC#N)cc2)CS1. The van der Waals surface area contributed by atoms with Crippen LogP contribution in [0.4, 0.5) is 5.69 Å². The van der Waals surface area contributed by atoms with Gasteiger partial charge in [-0.25, -0.2) is 0 Å². The molecule has 1 saturated heterocycles. The van der Waals surface area contributed by atoms with Gasteiger partial charge in [-0.15, -0.1) is 0 Å². The molecule has 4 heteroatoms. The molecule has 2 rings (SSSR count). The van der Waals surface area contributed by atoms with Crippen LogP contribution >= 0.6 is 11.8 Å². The second-order valence-electron chi connectivity index (χ2n) is 4.19. The lowest BCUT2D eigenvalue weighted by Gasteiger charge is -2.13. The summed E-state index contributed by atoms with van der Waals surface area (Å²) in [5.74, 6) is 1.92. The zero-order chi connectivity index (χ0) is 12.1. The lowest BCUT2D eigenvalue weighted by Crippen LogP contribution is -2.18. The molecule has 1 heterocycles. The van der Waals surface area contributed by atoms with Crippen LogP contribution in [-0.2, 0) is 0 Å². The van der Waals surface area contributed by atoms with E-state index < -0.39 is 0 Å². The van der Waals surface area contributed by atoms with E-state index in [-0.39, 0.29) is 6.61 Å². The van der Waals surface area contributed by atoms with Crippen LogP contribution in [0.3, 0.4) is 0 Å². The van der Waals surface area contributed by atoms with E-state index in [2.05, 4.69) is 12.2 Å². The number of nitriles is 1. The summed E-state index contributed by atoms with van der Waals surface area (Å²) in [5.41, 5.74) is 1.12. The number of hydrogen-bond acceptors (Lipinski definition) is 4. The highest BCUT2D eigenvalue weighted by atomic mass is 32.2. The van der Waals surface area contributed by atoms with Crippen molar-refractivity contribution in [1.82, 2.24) is 0 Å². The third kappa shape index (κ3) is 3.57. The molecule has 0 aromatic heterocycles. The Kier molecular flexibility index (Phi) is 4.16. The molecule has 0 radical (unpaired) electrons. The van der Waals surface area contributed by atoms with Crippen molar-refractivity contribution in [2.24, 2.45) is 0 Å². The first-order valence-electron chi connectivity index (χ1n) is 5.76. The molecule has 2 unspecified atom stereocenters. The molecular formula is C13H16N2OS.